The van der Waals surface area contributed by atoms with Crippen molar-refractivity contribution in [1.82, 2.24) is 0 Å². The third-order valence-corrected chi connectivity index (χ3v) is 3.74. The first kappa shape index (κ1) is 17.9. The first-order valence-electron chi connectivity index (χ1n) is 7.25. The number of carbonyl (C=O) groups is 3. The van der Waals surface area contributed by atoms with Crippen LogP contribution in [0, 0.1) is 0 Å². The lowest BCUT2D eigenvalue weighted by Gasteiger charge is -2.14. The predicted molar refractivity (Wildman–Crippen MR) is 94.1 cm³/mol. The van der Waals surface area contributed by atoms with E-state index in [1.54, 1.807) is 48.5 Å². The largest absolute Gasteiger partial charge is 0.449 e. The van der Waals surface area contributed by atoms with Gasteiger partial charge in [0.25, 0.3) is 5.91 Å². The van der Waals surface area contributed by atoms with Gasteiger partial charge in [-0.2, -0.15) is 0 Å². The zero-order valence-electron chi connectivity index (χ0n) is 13.2. The molecule has 6 heteroatoms. The zero-order chi connectivity index (χ0) is 17.7. The van der Waals surface area contributed by atoms with E-state index in [0.717, 1.165) is 4.47 Å². The van der Waals surface area contributed by atoms with E-state index in [9.17, 15) is 14.4 Å². The average Bonchev–Trinajstić information content (AvgIpc) is 2.54. The van der Waals surface area contributed by atoms with Gasteiger partial charge in [-0.05, 0) is 44.2 Å². The quantitative estimate of drug-likeness (QED) is 0.622. The van der Waals surface area contributed by atoms with Gasteiger partial charge in [-0.3, -0.25) is 9.59 Å². The van der Waals surface area contributed by atoms with Crippen molar-refractivity contribution in [1.29, 1.82) is 0 Å². The van der Waals surface area contributed by atoms with Crippen LogP contribution in [0.3, 0.4) is 0 Å². The number of hydrogen-bond acceptors (Lipinski definition) is 4. The van der Waals surface area contributed by atoms with Crippen LogP contribution >= 0.6 is 15.9 Å². The number of esters is 1. The van der Waals surface area contributed by atoms with Gasteiger partial charge in [-0.15, -0.1) is 0 Å². The molecule has 0 heterocycles. The number of ether oxygens (including phenoxy) is 1. The highest BCUT2D eigenvalue weighted by Crippen LogP contribution is 2.15. The molecule has 24 heavy (non-hydrogen) atoms. The first-order chi connectivity index (χ1) is 11.4. The van der Waals surface area contributed by atoms with Gasteiger partial charge in [0.05, 0.1) is 5.56 Å². The van der Waals surface area contributed by atoms with Crippen LogP contribution in [0.5, 0.6) is 0 Å². The summed E-state index contributed by atoms with van der Waals surface area (Å²) >= 11 is 3.27. The van der Waals surface area contributed by atoms with Crippen molar-refractivity contribution in [2.24, 2.45) is 0 Å². The van der Waals surface area contributed by atoms with Gasteiger partial charge in [0.2, 0.25) is 0 Å². The maximum atomic E-state index is 12.1. The summed E-state index contributed by atoms with van der Waals surface area (Å²) < 4.78 is 5.91. The Kier molecular flexibility index (Phi) is 5.87. The number of rotatable bonds is 5. The van der Waals surface area contributed by atoms with Crippen molar-refractivity contribution in [2.45, 2.75) is 20.0 Å². The summed E-state index contributed by atoms with van der Waals surface area (Å²) in [6.45, 7) is 2.93. The molecule has 124 valence electrons. The molecule has 2 aromatic rings. The smallest absolute Gasteiger partial charge is 0.338 e. The molecule has 0 aromatic heterocycles. The van der Waals surface area contributed by atoms with E-state index in [1.807, 2.05) is 0 Å². The van der Waals surface area contributed by atoms with Crippen molar-refractivity contribution in [3.05, 3.63) is 64.1 Å². The van der Waals surface area contributed by atoms with Crippen LogP contribution in [0.4, 0.5) is 5.69 Å². The third kappa shape index (κ3) is 4.76. The van der Waals surface area contributed by atoms with Crippen molar-refractivity contribution < 1.29 is 19.1 Å². The fourth-order valence-electron chi connectivity index (χ4n) is 1.96. The number of amides is 1. The second-order valence-corrected chi connectivity index (χ2v) is 6.10. The van der Waals surface area contributed by atoms with Crippen LogP contribution in [0.25, 0.3) is 0 Å². The van der Waals surface area contributed by atoms with E-state index < -0.39 is 18.0 Å². The number of anilines is 1. The molecule has 2 aromatic carbocycles. The molecule has 0 saturated carbocycles. The standard InChI is InChI=1S/C18H16BrNO4/c1-11(21)13-5-4-8-16(10-13)20-17(22)12(2)24-18(23)14-6-3-7-15(19)9-14/h3-10,12H,1-2H3,(H,20,22). The maximum absolute atomic E-state index is 12.1. The molecule has 1 N–H and O–H groups in total. The molecule has 0 spiro atoms. The van der Waals surface area contributed by atoms with E-state index in [4.69, 9.17) is 4.74 Å². The minimum absolute atomic E-state index is 0.0970. The van der Waals surface area contributed by atoms with Gasteiger partial charge in [0, 0.05) is 15.7 Å². The molecular weight excluding hydrogens is 374 g/mol. The minimum Gasteiger partial charge on any atom is -0.449 e. The summed E-state index contributed by atoms with van der Waals surface area (Å²) in [5.41, 5.74) is 1.31. The Morgan fingerprint density at radius 1 is 1.04 bits per heavy atom. The number of ketones is 1. The predicted octanol–water partition coefficient (Wildman–Crippen LogP) is 3.84. The molecule has 0 aliphatic heterocycles. The van der Waals surface area contributed by atoms with Crippen molar-refractivity contribution in [3.8, 4) is 0 Å². The molecule has 5 nitrogen and oxygen atoms in total. The number of nitrogens with one attached hydrogen (secondary N) is 1. The number of Topliss-reactive ketones (excluding diaryl/α,β-unsaturated/α-hetero) is 1. The maximum Gasteiger partial charge on any atom is 0.338 e. The zero-order valence-corrected chi connectivity index (χ0v) is 14.8. The summed E-state index contributed by atoms with van der Waals surface area (Å²) in [6.07, 6.45) is -0.975. The first-order valence-corrected chi connectivity index (χ1v) is 8.04. The molecule has 0 bridgehead atoms. The van der Waals surface area contributed by atoms with E-state index in [2.05, 4.69) is 21.2 Å². The molecule has 0 radical (unpaired) electrons. The van der Waals surface area contributed by atoms with Gasteiger partial charge in [0.1, 0.15) is 0 Å². The van der Waals surface area contributed by atoms with E-state index in [-0.39, 0.29) is 5.78 Å². The lowest BCUT2D eigenvalue weighted by atomic mass is 10.1. The summed E-state index contributed by atoms with van der Waals surface area (Å²) in [4.78, 5) is 35.5. The van der Waals surface area contributed by atoms with Crippen LogP contribution < -0.4 is 5.32 Å². The van der Waals surface area contributed by atoms with Crippen LogP contribution in [0.1, 0.15) is 34.6 Å². The Morgan fingerprint density at radius 2 is 1.71 bits per heavy atom. The Balaban J connectivity index is 2.01. The SMILES string of the molecule is CC(=O)c1cccc(NC(=O)C(C)OC(=O)c2cccc(Br)c2)c1. The van der Waals surface area contributed by atoms with Gasteiger partial charge in [-0.25, -0.2) is 4.79 Å². The fourth-order valence-corrected chi connectivity index (χ4v) is 2.36. The minimum atomic E-state index is -0.975. The Morgan fingerprint density at radius 3 is 2.38 bits per heavy atom. The summed E-state index contributed by atoms with van der Waals surface area (Å²) in [5.74, 6) is -1.16. The van der Waals surface area contributed by atoms with Gasteiger partial charge in [0.15, 0.2) is 11.9 Å². The highest BCUT2D eigenvalue weighted by molar-refractivity contribution is 9.10. The van der Waals surface area contributed by atoms with Crippen molar-refractivity contribution in [3.63, 3.8) is 0 Å². The summed E-state index contributed by atoms with van der Waals surface area (Å²) in [7, 11) is 0. The second-order valence-electron chi connectivity index (χ2n) is 5.18. The molecule has 0 aliphatic rings. The number of benzene rings is 2. The van der Waals surface area contributed by atoms with Crippen molar-refractivity contribution in [2.75, 3.05) is 5.32 Å². The normalized spacial score (nSPS) is 11.5. The summed E-state index contributed by atoms with van der Waals surface area (Å²) in [5, 5.41) is 2.63. The van der Waals surface area contributed by atoms with Crippen molar-refractivity contribution >= 4 is 39.3 Å². The lowest BCUT2D eigenvalue weighted by Crippen LogP contribution is -2.30. The highest BCUT2D eigenvalue weighted by atomic mass is 79.9. The Bertz CT molecular complexity index is 788. The molecule has 1 unspecified atom stereocenters. The number of hydrogen-bond donors (Lipinski definition) is 1. The molecule has 0 aliphatic carbocycles. The molecule has 1 atom stereocenters. The molecule has 2 rings (SSSR count). The fraction of sp³-hybridized carbons (Fsp3) is 0.167. The van der Waals surface area contributed by atoms with Crippen LogP contribution in [-0.2, 0) is 9.53 Å². The molecule has 0 saturated heterocycles. The molecule has 1 amide bonds. The van der Waals surface area contributed by atoms with Crippen LogP contribution in [-0.4, -0.2) is 23.8 Å². The van der Waals surface area contributed by atoms with E-state index in [1.165, 1.54) is 13.8 Å². The van der Waals surface area contributed by atoms with Gasteiger partial charge >= 0.3 is 5.97 Å². The number of carbonyl (C=O) groups excluding carboxylic acids is 3. The van der Waals surface area contributed by atoms with E-state index >= 15 is 0 Å². The lowest BCUT2D eigenvalue weighted by molar-refractivity contribution is -0.123. The van der Waals surface area contributed by atoms with Crippen LogP contribution in [0.15, 0.2) is 53.0 Å². The molecular formula is C18H16BrNO4. The topological polar surface area (TPSA) is 72.5 Å². The Labute approximate surface area is 148 Å². The monoisotopic (exact) mass is 389 g/mol. The van der Waals surface area contributed by atoms with Gasteiger partial charge in [-0.1, -0.05) is 34.1 Å². The van der Waals surface area contributed by atoms with E-state index in [0.29, 0.717) is 16.8 Å². The third-order valence-electron chi connectivity index (χ3n) is 3.25. The average molecular weight is 390 g/mol. The van der Waals surface area contributed by atoms with Crippen LogP contribution in [0.2, 0.25) is 0 Å². The number of halogens is 1. The Hall–Kier alpha value is -2.47. The molecule has 0 fully saturated rings. The highest BCUT2D eigenvalue weighted by Gasteiger charge is 2.19. The summed E-state index contributed by atoms with van der Waals surface area (Å²) in [6, 6.07) is 13.3. The van der Waals surface area contributed by atoms with Gasteiger partial charge < -0.3 is 10.1 Å². The second kappa shape index (κ2) is 7.88.